The minimum Gasteiger partial charge on any atom is -0.490 e. The van der Waals surface area contributed by atoms with E-state index in [4.69, 9.17) is 9.73 Å². The SMILES string of the molecule is C=CCOc1ccc([C@H]2N=c3ccccc3=C3C(=O)NC(SC)=NN32)cc1. The molecule has 2 aromatic carbocycles. The number of benzene rings is 2. The zero-order valence-corrected chi connectivity index (χ0v) is 15.6. The highest BCUT2D eigenvalue weighted by atomic mass is 32.2. The summed E-state index contributed by atoms with van der Waals surface area (Å²) >= 11 is 1.39. The molecule has 6 nitrogen and oxygen atoms in total. The number of hydrazone groups is 1. The molecule has 0 aromatic heterocycles. The van der Waals surface area contributed by atoms with Gasteiger partial charge < -0.3 is 4.74 Å². The second-order valence-electron chi connectivity index (χ2n) is 5.95. The molecule has 0 radical (unpaired) electrons. The van der Waals surface area contributed by atoms with Crippen LogP contribution in [-0.2, 0) is 4.79 Å². The summed E-state index contributed by atoms with van der Waals surface area (Å²) in [5, 5.41) is 11.2. The number of carbonyl (C=O) groups is 1. The van der Waals surface area contributed by atoms with Crippen LogP contribution in [0.2, 0.25) is 0 Å². The average molecular weight is 378 g/mol. The standard InChI is InChI=1S/C20H18N4O2S/c1-3-12-26-14-10-8-13(9-11-14)18-21-16-7-5-4-6-15(16)17-19(25)22-20(27-2)23-24(17)18/h3-11,18H,1,12H2,2H3,(H,22,23,25)/t18-/m0/s1. The molecule has 2 aromatic rings. The number of amides is 1. The number of carbonyl (C=O) groups excluding carboxylic acids is 1. The molecule has 0 saturated heterocycles. The third-order valence-electron chi connectivity index (χ3n) is 4.25. The number of hydrogen-bond acceptors (Lipinski definition) is 6. The number of nitrogens with zero attached hydrogens (tertiary/aromatic N) is 3. The topological polar surface area (TPSA) is 66.3 Å². The van der Waals surface area contributed by atoms with Crippen molar-refractivity contribution in [3.05, 3.63) is 77.3 Å². The van der Waals surface area contributed by atoms with Crippen molar-refractivity contribution in [1.29, 1.82) is 0 Å². The van der Waals surface area contributed by atoms with Gasteiger partial charge in [-0.3, -0.25) is 15.1 Å². The van der Waals surface area contributed by atoms with Gasteiger partial charge in [0, 0.05) is 5.22 Å². The van der Waals surface area contributed by atoms with Gasteiger partial charge in [0.1, 0.15) is 18.1 Å². The fourth-order valence-corrected chi connectivity index (χ4v) is 3.39. The Kier molecular flexibility index (Phi) is 4.68. The Morgan fingerprint density at radius 2 is 2.04 bits per heavy atom. The van der Waals surface area contributed by atoms with Gasteiger partial charge in [-0.25, -0.2) is 5.01 Å². The molecule has 7 heteroatoms. The molecule has 0 aliphatic carbocycles. The molecule has 27 heavy (non-hydrogen) atoms. The van der Waals surface area contributed by atoms with E-state index in [9.17, 15) is 4.79 Å². The maximum Gasteiger partial charge on any atom is 0.276 e. The van der Waals surface area contributed by atoms with Crippen LogP contribution < -0.4 is 20.6 Å². The molecule has 1 amide bonds. The minimum atomic E-state index is -0.420. The molecule has 2 heterocycles. The monoisotopic (exact) mass is 378 g/mol. The van der Waals surface area contributed by atoms with E-state index in [0.717, 1.165) is 21.9 Å². The van der Waals surface area contributed by atoms with Crippen molar-refractivity contribution >= 4 is 28.5 Å². The molecule has 136 valence electrons. The molecule has 1 N–H and O–H groups in total. The first kappa shape index (κ1) is 17.4. The molecular weight excluding hydrogens is 360 g/mol. The van der Waals surface area contributed by atoms with E-state index in [1.807, 2.05) is 54.8 Å². The number of rotatable bonds is 4. The third kappa shape index (κ3) is 3.21. The van der Waals surface area contributed by atoms with Crippen LogP contribution in [-0.4, -0.2) is 28.9 Å². The van der Waals surface area contributed by atoms with Crippen molar-refractivity contribution in [3.63, 3.8) is 0 Å². The first-order chi connectivity index (χ1) is 13.2. The van der Waals surface area contributed by atoms with Gasteiger partial charge in [0.15, 0.2) is 11.3 Å². The van der Waals surface area contributed by atoms with Crippen molar-refractivity contribution < 1.29 is 9.53 Å². The summed E-state index contributed by atoms with van der Waals surface area (Å²) in [5.74, 6) is 0.580. The van der Waals surface area contributed by atoms with Crippen molar-refractivity contribution in [2.75, 3.05) is 12.9 Å². The van der Waals surface area contributed by atoms with E-state index < -0.39 is 6.17 Å². The zero-order chi connectivity index (χ0) is 18.8. The number of hydrogen-bond donors (Lipinski definition) is 1. The molecule has 0 saturated carbocycles. The highest BCUT2D eigenvalue weighted by Gasteiger charge is 2.34. The molecule has 2 aliphatic rings. The third-order valence-corrected chi connectivity index (χ3v) is 4.83. The van der Waals surface area contributed by atoms with E-state index in [1.165, 1.54) is 11.8 Å². The summed E-state index contributed by atoms with van der Waals surface area (Å²) in [6.07, 6.45) is 3.16. The molecule has 0 unspecified atom stereocenters. The van der Waals surface area contributed by atoms with Gasteiger partial charge in [-0.15, -0.1) is 5.10 Å². The Labute approximate surface area is 160 Å². The Balaban J connectivity index is 1.82. The fraction of sp³-hybridized carbons (Fsp3) is 0.150. The van der Waals surface area contributed by atoms with Gasteiger partial charge >= 0.3 is 0 Å². The van der Waals surface area contributed by atoms with Gasteiger partial charge in [0.05, 0.1) is 5.36 Å². The van der Waals surface area contributed by atoms with E-state index in [0.29, 0.717) is 17.5 Å². The molecule has 4 rings (SSSR count). The van der Waals surface area contributed by atoms with Gasteiger partial charge in [-0.1, -0.05) is 54.7 Å². The van der Waals surface area contributed by atoms with Crippen LogP contribution in [0.15, 0.2) is 71.3 Å². The summed E-state index contributed by atoms with van der Waals surface area (Å²) in [6.45, 7) is 4.10. The highest BCUT2D eigenvalue weighted by molar-refractivity contribution is 8.13. The zero-order valence-electron chi connectivity index (χ0n) is 14.8. The van der Waals surface area contributed by atoms with Crippen LogP contribution in [0.1, 0.15) is 11.7 Å². The first-order valence-corrected chi connectivity index (χ1v) is 9.68. The van der Waals surface area contributed by atoms with E-state index in [2.05, 4.69) is 17.0 Å². The number of nitrogens with one attached hydrogen (secondary N) is 1. The van der Waals surface area contributed by atoms with Crippen molar-refractivity contribution in [2.45, 2.75) is 6.17 Å². The van der Waals surface area contributed by atoms with Crippen LogP contribution in [0.3, 0.4) is 0 Å². The summed E-state index contributed by atoms with van der Waals surface area (Å²) in [6, 6.07) is 15.3. The lowest BCUT2D eigenvalue weighted by Gasteiger charge is -2.33. The lowest BCUT2D eigenvalue weighted by atomic mass is 10.1. The number of fused-ring (bicyclic) bond motifs is 2. The number of ether oxygens (including phenoxy) is 1. The second-order valence-corrected chi connectivity index (χ2v) is 6.74. The quantitative estimate of drug-likeness (QED) is 0.824. The summed E-state index contributed by atoms with van der Waals surface area (Å²) in [5.41, 5.74) is 1.43. The van der Waals surface area contributed by atoms with Gasteiger partial charge in [0.2, 0.25) is 0 Å². The average Bonchev–Trinajstić information content (AvgIpc) is 2.71. The van der Waals surface area contributed by atoms with Gasteiger partial charge in [-0.05, 0) is 30.0 Å². The predicted octanol–water partition coefficient (Wildman–Crippen LogP) is 1.76. The smallest absolute Gasteiger partial charge is 0.276 e. The predicted molar refractivity (Wildman–Crippen MR) is 106 cm³/mol. The maximum atomic E-state index is 12.8. The first-order valence-electron chi connectivity index (χ1n) is 8.45. The Morgan fingerprint density at radius 1 is 1.26 bits per heavy atom. The second kappa shape index (κ2) is 7.28. The largest absolute Gasteiger partial charge is 0.490 e. The van der Waals surface area contributed by atoms with Crippen LogP contribution in [0.5, 0.6) is 5.75 Å². The summed E-state index contributed by atoms with van der Waals surface area (Å²) < 4.78 is 5.55. The number of para-hydroxylation sites is 1. The number of amidine groups is 1. The molecule has 0 bridgehead atoms. The fourth-order valence-electron chi connectivity index (χ4n) is 3.03. The van der Waals surface area contributed by atoms with E-state index >= 15 is 0 Å². The molecule has 2 aliphatic heterocycles. The van der Waals surface area contributed by atoms with Crippen LogP contribution in [0, 0.1) is 0 Å². The Hall–Kier alpha value is -3.06. The minimum absolute atomic E-state index is 0.173. The Morgan fingerprint density at radius 3 is 2.78 bits per heavy atom. The molecular formula is C20H18N4O2S. The van der Waals surface area contributed by atoms with Crippen LogP contribution in [0.4, 0.5) is 0 Å². The summed E-state index contributed by atoms with van der Waals surface area (Å²) in [4.78, 5) is 17.6. The van der Waals surface area contributed by atoms with Crippen molar-refractivity contribution in [1.82, 2.24) is 10.3 Å². The summed E-state index contributed by atoms with van der Waals surface area (Å²) in [7, 11) is 0. The highest BCUT2D eigenvalue weighted by Crippen LogP contribution is 2.31. The van der Waals surface area contributed by atoms with E-state index in [-0.39, 0.29) is 5.91 Å². The van der Waals surface area contributed by atoms with Crippen molar-refractivity contribution in [2.24, 2.45) is 10.1 Å². The lowest BCUT2D eigenvalue weighted by molar-refractivity contribution is -0.116. The number of thioether (sulfide) groups is 1. The molecule has 0 fully saturated rings. The van der Waals surface area contributed by atoms with Crippen LogP contribution in [0.25, 0.3) is 5.70 Å². The van der Waals surface area contributed by atoms with Gasteiger partial charge in [-0.2, -0.15) is 0 Å². The lowest BCUT2D eigenvalue weighted by Crippen LogP contribution is -2.50. The Bertz CT molecular complexity index is 1050. The van der Waals surface area contributed by atoms with Crippen LogP contribution >= 0.6 is 11.8 Å². The normalized spacial score (nSPS) is 17.9. The van der Waals surface area contributed by atoms with Crippen molar-refractivity contribution in [3.8, 4) is 5.75 Å². The molecule has 1 atom stereocenters. The molecule has 0 spiro atoms. The van der Waals surface area contributed by atoms with Gasteiger partial charge in [0.25, 0.3) is 5.91 Å². The van der Waals surface area contributed by atoms with E-state index in [1.54, 1.807) is 11.1 Å². The maximum absolute atomic E-state index is 12.8.